The minimum absolute atomic E-state index is 0.146. The lowest BCUT2D eigenvalue weighted by molar-refractivity contribution is -0.138. The zero-order valence-electron chi connectivity index (χ0n) is 22.7. The van der Waals surface area contributed by atoms with E-state index in [1.165, 1.54) is 12.1 Å². The average Bonchev–Trinajstić information content (AvgIpc) is 2.94. The maximum Gasteiger partial charge on any atom is 0.423 e. The summed E-state index contributed by atoms with van der Waals surface area (Å²) in [7, 11) is 2.33. The monoisotopic (exact) mass is 608 g/mol. The van der Waals surface area contributed by atoms with E-state index in [0.717, 1.165) is 44.4 Å². The van der Waals surface area contributed by atoms with Crippen molar-refractivity contribution in [3.05, 3.63) is 75.1 Å². The summed E-state index contributed by atoms with van der Waals surface area (Å²) in [5, 5.41) is 4.74. The van der Waals surface area contributed by atoms with E-state index in [4.69, 9.17) is 5.73 Å². The summed E-state index contributed by atoms with van der Waals surface area (Å²) in [6.45, 7) is 2.86. The van der Waals surface area contributed by atoms with Crippen LogP contribution in [0.25, 0.3) is 17.5 Å². The van der Waals surface area contributed by atoms with Gasteiger partial charge in [-0.15, -0.1) is 0 Å². The zero-order chi connectivity index (χ0) is 32.0. The van der Waals surface area contributed by atoms with Gasteiger partial charge in [0, 0.05) is 26.0 Å². The lowest BCUT2D eigenvalue weighted by Gasteiger charge is -2.14. The Morgan fingerprint density at radius 1 is 1.07 bits per heavy atom. The van der Waals surface area contributed by atoms with Crippen LogP contribution < -0.4 is 11.3 Å². The third kappa shape index (κ3) is 9.92. The first-order valence-corrected chi connectivity index (χ1v) is 12.1. The van der Waals surface area contributed by atoms with Crippen molar-refractivity contribution in [3.8, 4) is 11.4 Å². The molecule has 230 valence electrons. The van der Waals surface area contributed by atoms with Crippen LogP contribution >= 0.6 is 0 Å². The minimum atomic E-state index is -4.74. The van der Waals surface area contributed by atoms with Crippen molar-refractivity contribution in [2.75, 3.05) is 26.5 Å². The maximum absolute atomic E-state index is 14.4. The Morgan fingerprint density at radius 3 is 2.17 bits per heavy atom. The van der Waals surface area contributed by atoms with Gasteiger partial charge in [0.2, 0.25) is 0 Å². The molecule has 1 aromatic carbocycles. The van der Waals surface area contributed by atoms with Crippen molar-refractivity contribution in [1.82, 2.24) is 25.1 Å². The van der Waals surface area contributed by atoms with Gasteiger partial charge < -0.3 is 10.6 Å². The Bertz CT molecular complexity index is 1380. The molecule has 42 heavy (non-hydrogen) atoms. The van der Waals surface area contributed by atoms with Crippen LogP contribution in [0.1, 0.15) is 59.7 Å². The summed E-state index contributed by atoms with van der Waals surface area (Å²) in [5.41, 5.74) is 0.477. The van der Waals surface area contributed by atoms with Crippen LogP contribution in [0.3, 0.4) is 0 Å². The number of nitrogens with two attached hydrogens (primary N) is 1. The molecule has 0 saturated heterocycles. The number of anilines is 1. The molecule has 0 aliphatic heterocycles. The van der Waals surface area contributed by atoms with Crippen molar-refractivity contribution in [3.63, 3.8) is 0 Å². The molecule has 0 aliphatic carbocycles. The summed E-state index contributed by atoms with van der Waals surface area (Å²) in [5.74, 6) is -2.88. The van der Waals surface area contributed by atoms with Gasteiger partial charge >= 0.3 is 6.18 Å². The van der Waals surface area contributed by atoms with E-state index in [1.54, 1.807) is 11.3 Å². The molecule has 2 heterocycles. The number of nitrogen functional groups attached to an aromatic ring is 1. The fourth-order valence-corrected chi connectivity index (χ4v) is 3.27. The number of rotatable bonds is 9. The number of H-pyrrole nitrogens is 1. The number of carbonyl (C=O) groups is 1. The van der Waals surface area contributed by atoms with Crippen LogP contribution in [-0.4, -0.2) is 52.1 Å². The van der Waals surface area contributed by atoms with Crippen LogP contribution in [-0.2, 0) is 6.18 Å². The number of nitrogens with one attached hydrogen (secondary N) is 1. The number of unbranched alkanes of at least 4 members (excludes halogenated alkanes) is 2. The molecule has 0 fully saturated rings. The van der Waals surface area contributed by atoms with Crippen molar-refractivity contribution in [2.24, 2.45) is 0 Å². The highest BCUT2D eigenvalue weighted by Gasteiger charge is 2.36. The van der Waals surface area contributed by atoms with Gasteiger partial charge in [-0.2, -0.15) is 18.3 Å². The molecule has 0 amide bonds. The minimum Gasteiger partial charge on any atom is -0.397 e. The van der Waals surface area contributed by atoms with Crippen molar-refractivity contribution < 1.29 is 39.9 Å². The molecule has 0 aliphatic rings. The predicted octanol–water partition coefficient (Wildman–Crippen LogP) is 6.22. The van der Waals surface area contributed by atoms with Crippen molar-refractivity contribution in [1.29, 1.82) is 0 Å². The molecule has 0 atom stereocenters. The predicted molar refractivity (Wildman–Crippen MR) is 140 cm³/mol. The summed E-state index contributed by atoms with van der Waals surface area (Å²) < 4.78 is 99.4. The molecule has 0 unspecified atom stereocenters. The number of hydrogen-bond donors (Lipinski definition) is 2. The fraction of sp³-hybridized carbons (Fsp3) is 0.346. The highest BCUT2D eigenvalue weighted by molar-refractivity contribution is 5.84. The van der Waals surface area contributed by atoms with E-state index in [9.17, 15) is 44.7 Å². The largest absolute Gasteiger partial charge is 0.423 e. The number of aromatic amines is 1. The van der Waals surface area contributed by atoms with E-state index >= 15 is 0 Å². The van der Waals surface area contributed by atoms with Crippen molar-refractivity contribution in [2.45, 2.75) is 38.8 Å². The molecule has 2 aromatic heterocycles. The molecule has 3 aromatic rings. The van der Waals surface area contributed by atoms with E-state index in [-0.39, 0.29) is 23.2 Å². The zero-order valence-corrected chi connectivity index (χ0v) is 22.7. The first kappa shape index (κ1) is 35.7. The van der Waals surface area contributed by atoms with E-state index in [1.807, 2.05) is 11.9 Å². The smallest absolute Gasteiger partial charge is 0.397 e. The summed E-state index contributed by atoms with van der Waals surface area (Å²) >= 11 is 0. The number of aldehydes is 1. The van der Waals surface area contributed by atoms with Crippen LogP contribution in [0.15, 0.2) is 35.7 Å². The Balaban J connectivity index is 0.000000524. The van der Waals surface area contributed by atoms with Crippen molar-refractivity contribution >= 4 is 18.0 Å². The van der Waals surface area contributed by atoms with Gasteiger partial charge in [0.25, 0.3) is 12.0 Å². The molecule has 3 rings (SSSR count). The van der Waals surface area contributed by atoms with Crippen LogP contribution in [0, 0.1) is 11.6 Å². The summed E-state index contributed by atoms with van der Waals surface area (Å²) in [4.78, 5) is 31.1. The van der Waals surface area contributed by atoms with Gasteiger partial charge in [-0.1, -0.05) is 19.8 Å². The molecule has 0 spiro atoms. The SMILES string of the molecule is CCCCCN(C)/C=C\c1cc(-c2ncc(C(F)F)cn2)c(F)c(F)c1C=O.CF.Nc1cn[nH]c(=O)c1C(F)(F)F. The molecular weight excluding hydrogens is 580 g/mol. The van der Waals surface area contributed by atoms with Gasteiger partial charge in [-0.25, -0.2) is 32.6 Å². The Labute approximate surface area is 235 Å². The number of nitrogens with zero attached hydrogens (tertiary/aromatic N) is 4. The molecule has 3 N–H and O–H groups in total. The van der Waals surface area contributed by atoms with Gasteiger partial charge in [0.1, 0.15) is 5.56 Å². The second kappa shape index (κ2) is 16.8. The van der Waals surface area contributed by atoms with E-state index in [0.29, 0.717) is 7.18 Å². The molecule has 0 radical (unpaired) electrons. The molecule has 0 saturated carbocycles. The number of halogens is 8. The van der Waals surface area contributed by atoms with Gasteiger partial charge in [-0.05, 0) is 30.3 Å². The highest BCUT2D eigenvalue weighted by Crippen LogP contribution is 2.30. The topological polar surface area (TPSA) is 118 Å². The highest BCUT2D eigenvalue weighted by atomic mass is 19.4. The molecule has 0 bridgehead atoms. The normalized spacial score (nSPS) is 11.0. The van der Waals surface area contributed by atoms with Gasteiger partial charge in [0.15, 0.2) is 23.7 Å². The lowest BCUT2D eigenvalue weighted by atomic mass is 10.0. The van der Waals surface area contributed by atoms with Crippen LogP contribution in [0.5, 0.6) is 0 Å². The number of carbonyl (C=O) groups excluding carboxylic acids is 1. The van der Waals surface area contributed by atoms with Crippen LogP contribution in [0.2, 0.25) is 0 Å². The Morgan fingerprint density at radius 2 is 1.69 bits per heavy atom. The average molecular weight is 609 g/mol. The van der Waals surface area contributed by atoms with E-state index in [2.05, 4.69) is 22.0 Å². The number of aromatic nitrogens is 4. The number of benzene rings is 1. The second-order valence-corrected chi connectivity index (χ2v) is 8.34. The summed E-state index contributed by atoms with van der Waals surface area (Å²) in [6, 6.07) is 1.23. The molecule has 16 heteroatoms. The summed E-state index contributed by atoms with van der Waals surface area (Å²) in [6.07, 6.45) is 1.47. The first-order chi connectivity index (χ1) is 19.8. The van der Waals surface area contributed by atoms with Crippen LogP contribution in [0.4, 0.5) is 40.8 Å². The third-order valence-electron chi connectivity index (χ3n) is 5.35. The Hall–Kier alpha value is -4.37. The third-order valence-corrected chi connectivity index (χ3v) is 5.35. The number of hydrogen-bond acceptors (Lipinski definition) is 7. The van der Waals surface area contributed by atoms with E-state index < -0.39 is 52.2 Å². The van der Waals surface area contributed by atoms with Gasteiger partial charge in [0.05, 0.1) is 35.8 Å². The van der Waals surface area contributed by atoms with Gasteiger partial charge in [-0.3, -0.25) is 14.0 Å². The fourth-order valence-electron chi connectivity index (χ4n) is 3.27. The maximum atomic E-state index is 14.4. The second-order valence-electron chi connectivity index (χ2n) is 8.34. The lowest BCUT2D eigenvalue weighted by Crippen LogP contribution is -2.24. The molecule has 8 nitrogen and oxygen atoms in total. The quantitative estimate of drug-likeness (QED) is 0.168. The first-order valence-electron chi connectivity index (χ1n) is 12.1. The Kier molecular flexibility index (Phi) is 14.3. The standard InChI is InChI=1S/C20H21F4N3O.C5H4F3N3O.CH3F/c1-3-4-5-7-27(2)8-6-13-9-15(17(21)18(22)16(13)12-28)20-25-10-14(11-26-20)19(23)24;6-5(7,8)3-2(9)1-10-11-4(3)12;1-2/h6,8-12,19H,3-5,7H2,1-2H3;1H,(H3,9,11,12);1H3/b8-6-;;. The number of alkyl halides is 6. The molecular formula is C26H28F8N6O2.